The molecular formula is C14H11BrO2S2. The Balaban J connectivity index is 1.69. The van der Waals surface area contributed by atoms with Crippen molar-refractivity contribution in [2.45, 2.75) is 17.4 Å². The van der Waals surface area contributed by atoms with Crippen molar-refractivity contribution in [1.29, 1.82) is 0 Å². The number of ketones is 1. The van der Waals surface area contributed by atoms with Gasteiger partial charge in [0.25, 0.3) is 0 Å². The molecule has 1 unspecified atom stereocenters. The van der Waals surface area contributed by atoms with E-state index in [1.807, 2.05) is 35.7 Å². The lowest BCUT2D eigenvalue weighted by molar-refractivity contribution is -0.124. The maximum atomic E-state index is 12.2. The molecule has 19 heavy (non-hydrogen) atoms. The average molecular weight is 355 g/mol. The molecule has 2 heterocycles. The van der Waals surface area contributed by atoms with Crippen LogP contribution in [0.3, 0.4) is 0 Å². The molecule has 0 radical (unpaired) electrons. The molecule has 1 aliphatic heterocycles. The minimum Gasteiger partial charge on any atom is -0.481 e. The van der Waals surface area contributed by atoms with Crippen LogP contribution in [0, 0.1) is 0 Å². The van der Waals surface area contributed by atoms with Crippen LogP contribution in [0.15, 0.2) is 45.1 Å². The minimum atomic E-state index is -0.333. The Morgan fingerprint density at radius 3 is 3.05 bits per heavy atom. The number of hydrogen-bond donors (Lipinski definition) is 0. The Hall–Kier alpha value is -0.780. The van der Waals surface area contributed by atoms with E-state index < -0.39 is 0 Å². The van der Waals surface area contributed by atoms with Gasteiger partial charge in [-0.2, -0.15) is 0 Å². The molecule has 3 rings (SSSR count). The summed E-state index contributed by atoms with van der Waals surface area (Å²) in [5, 5.41) is 1.99. The SMILES string of the molecule is O=C(Cc1cc(Br)cs1)C1CSc2ccccc2O1. The molecule has 1 atom stereocenters. The van der Waals surface area contributed by atoms with Gasteiger partial charge in [-0.1, -0.05) is 12.1 Å². The van der Waals surface area contributed by atoms with Gasteiger partial charge in [-0.3, -0.25) is 4.79 Å². The van der Waals surface area contributed by atoms with Crippen molar-refractivity contribution >= 4 is 44.8 Å². The predicted molar refractivity (Wildman–Crippen MR) is 82.3 cm³/mol. The van der Waals surface area contributed by atoms with Crippen molar-refractivity contribution in [3.63, 3.8) is 0 Å². The number of carbonyl (C=O) groups excluding carboxylic acids is 1. The molecule has 2 aromatic rings. The van der Waals surface area contributed by atoms with Gasteiger partial charge in [0.05, 0.1) is 0 Å². The summed E-state index contributed by atoms with van der Waals surface area (Å²) < 4.78 is 6.83. The lowest BCUT2D eigenvalue weighted by Gasteiger charge is -2.24. The highest BCUT2D eigenvalue weighted by Crippen LogP contribution is 2.35. The van der Waals surface area contributed by atoms with Crippen molar-refractivity contribution < 1.29 is 9.53 Å². The molecule has 2 nitrogen and oxygen atoms in total. The molecule has 0 amide bonds. The fourth-order valence-electron chi connectivity index (χ4n) is 1.91. The largest absolute Gasteiger partial charge is 0.481 e. The summed E-state index contributed by atoms with van der Waals surface area (Å²) in [4.78, 5) is 14.4. The summed E-state index contributed by atoms with van der Waals surface area (Å²) in [6, 6.07) is 9.86. The van der Waals surface area contributed by atoms with Crippen molar-refractivity contribution in [2.24, 2.45) is 0 Å². The standard InChI is InChI=1S/C14H11BrO2S2/c15-9-5-10(18-7-9)6-11(16)13-8-19-14-4-2-1-3-12(14)17-13/h1-5,7,13H,6,8H2. The minimum absolute atomic E-state index is 0.149. The molecule has 98 valence electrons. The van der Waals surface area contributed by atoms with Gasteiger partial charge < -0.3 is 4.74 Å². The number of para-hydroxylation sites is 1. The highest BCUT2D eigenvalue weighted by Gasteiger charge is 2.26. The summed E-state index contributed by atoms with van der Waals surface area (Å²) >= 11 is 6.69. The van der Waals surface area contributed by atoms with E-state index in [4.69, 9.17) is 4.74 Å². The molecule has 1 aromatic carbocycles. The van der Waals surface area contributed by atoms with E-state index in [-0.39, 0.29) is 11.9 Å². The van der Waals surface area contributed by atoms with E-state index in [9.17, 15) is 4.79 Å². The van der Waals surface area contributed by atoms with E-state index in [2.05, 4.69) is 15.9 Å². The number of halogens is 1. The van der Waals surface area contributed by atoms with E-state index in [1.165, 1.54) is 0 Å². The van der Waals surface area contributed by atoms with Crippen LogP contribution >= 0.6 is 39.0 Å². The van der Waals surface area contributed by atoms with Gasteiger partial charge in [0.15, 0.2) is 11.9 Å². The number of rotatable bonds is 3. The molecular weight excluding hydrogens is 344 g/mol. The summed E-state index contributed by atoms with van der Waals surface area (Å²) in [7, 11) is 0. The first-order valence-corrected chi connectivity index (χ1v) is 8.52. The predicted octanol–water partition coefficient (Wildman–Crippen LogP) is 4.18. The van der Waals surface area contributed by atoms with Crippen LogP contribution in [0.4, 0.5) is 0 Å². The van der Waals surface area contributed by atoms with Crippen LogP contribution in [0.5, 0.6) is 5.75 Å². The highest BCUT2D eigenvalue weighted by atomic mass is 79.9. The highest BCUT2D eigenvalue weighted by molar-refractivity contribution is 9.10. The topological polar surface area (TPSA) is 26.3 Å². The number of thioether (sulfide) groups is 1. The number of thiophene rings is 1. The zero-order chi connectivity index (χ0) is 13.2. The van der Waals surface area contributed by atoms with Gasteiger partial charge in [-0.25, -0.2) is 0 Å². The molecule has 1 aromatic heterocycles. The first-order chi connectivity index (χ1) is 9.22. The van der Waals surface area contributed by atoms with E-state index in [0.29, 0.717) is 12.2 Å². The Bertz CT molecular complexity index is 609. The molecule has 0 aliphatic carbocycles. The van der Waals surface area contributed by atoms with Gasteiger partial charge in [0.2, 0.25) is 0 Å². The maximum Gasteiger partial charge on any atom is 0.179 e. The Morgan fingerprint density at radius 2 is 2.26 bits per heavy atom. The molecule has 1 aliphatic rings. The number of benzene rings is 1. The second kappa shape index (κ2) is 5.69. The van der Waals surface area contributed by atoms with Crippen molar-refractivity contribution in [1.82, 2.24) is 0 Å². The number of fused-ring (bicyclic) bond motifs is 1. The number of carbonyl (C=O) groups is 1. The van der Waals surface area contributed by atoms with Crippen LogP contribution in [0.1, 0.15) is 4.88 Å². The third kappa shape index (κ3) is 3.04. The van der Waals surface area contributed by atoms with Crippen molar-refractivity contribution in [3.8, 4) is 5.75 Å². The third-order valence-electron chi connectivity index (χ3n) is 2.84. The van der Waals surface area contributed by atoms with Gasteiger partial charge in [-0.05, 0) is 34.1 Å². The summed E-state index contributed by atoms with van der Waals surface area (Å²) in [6.45, 7) is 0. The molecule has 5 heteroatoms. The van der Waals surface area contributed by atoms with Crippen molar-refractivity contribution in [2.75, 3.05) is 5.75 Å². The second-order valence-corrected chi connectivity index (χ2v) is 7.21. The van der Waals surface area contributed by atoms with Crippen LogP contribution in [0.25, 0.3) is 0 Å². The van der Waals surface area contributed by atoms with Crippen LogP contribution in [0.2, 0.25) is 0 Å². The average Bonchev–Trinajstić information content (AvgIpc) is 2.83. The van der Waals surface area contributed by atoms with E-state index >= 15 is 0 Å². The normalized spacial score (nSPS) is 17.6. The third-order valence-corrected chi connectivity index (χ3v) is 5.65. The number of hydrogen-bond acceptors (Lipinski definition) is 4. The Labute approximate surface area is 128 Å². The maximum absolute atomic E-state index is 12.2. The van der Waals surface area contributed by atoms with Crippen LogP contribution < -0.4 is 4.74 Å². The molecule has 0 saturated heterocycles. The summed E-state index contributed by atoms with van der Waals surface area (Å²) in [5.74, 6) is 1.67. The lowest BCUT2D eigenvalue weighted by Crippen LogP contribution is -2.33. The van der Waals surface area contributed by atoms with Crippen molar-refractivity contribution in [3.05, 3.63) is 45.1 Å². The first-order valence-electron chi connectivity index (χ1n) is 5.86. The zero-order valence-corrected chi connectivity index (χ0v) is 13.2. The number of ether oxygens (including phenoxy) is 1. The van der Waals surface area contributed by atoms with Gasteiger partial charge in [-0.15, -0.1) is 23.1 Å². The molecule has 0 fully saturated rings. The molecule has 0 saturated carbocycles. The Kier molecular flexibility index (Phi) is 3.96. The van der Waals surface area contributed by atoms with Crippen LogP contribution in [-0.4, -0.2) is 17.6 Å². The molecule has 0 bridgehead atoms. The fraction of sp³-hybridized carbons (Fsp3) is 0.214. The smallest absolute Gasteiger partial charge is 0.179 e. The van der Waals surface area contributed by atoms with Gasteiger partial charge >= 0.3 is 0 Å². The van der Waals surface area contributed by atoms with Crippen LogP contribution in [-0.2, 0) is 11.2 Å². The fourth-order valence-corrected chi connectivity index (χ4v) is 4.39. The van der Waals surface area contributed by atoms with E-state index in [0.717, 1.165) is 20.0 Å². The summed E-state index contributed by atoms with van der Waals surface area (Å²) in [5.41, 5.74) is 0. The molecule has 0 spiro atoms. The lowest BCUT2D eigenvalue weighted by atomic mass is 10.1. The van der Waals surface area contributed by atoms with Gasteiger partial charge in [0, 0.05) is 31.8 Å². The van der Waals surface area contributed by atoms with Gasteiger partial charge in [0.1, 0.15) is 5.75 Å². The zero-order valence-electron chi connectivity index (χ0n) is 9.97. The first kappa shape index (κ1) is 13.2. The monoisotopic (exact) mass is 354 g/mol. The van der Waals surface area contributed by atoms with E-state index in [1.54, 1.807) is 23.1 Å². The number of Topliss-reactive ketones (excluding diaryl/α,β-unsaturated/α-hetero) is 1. The summed E-state index contributed by atoms with van der Waals surface area (Å²) in [6.07, 6.45) is 0.115. The molecule has 0 N–H and O–H groups in total. The Morgan fingerprint density at radius 1 is 1.42 bits per heavy atom. The quantitative estimate of drug-likeness (QED) is 0.827. The second-order valence-electron chi connectivity index (χ2n) is 4.24.